The number of aliphatic hydroxyl groups is 1. The minimum atomic E-state index is -0.639. The van der Waals surface area contributed by atoms with Crippen molar-refractivity contribution in [1.82, 2.24) is 0 Å². The molecule has 0 unspecified atom stereocenters. The van der Waals surface area contributed by atoms with Crippen LogP contribution in [0.2, 0.25) is 0 Å². The van der Waals surface area contributed by atoms with Crippen molar-refractivity contribution in [2.45, 2.75) is 23.9 Å². The molecule has 0 spiro atoms. The van der Waals surface area contributed by atoms with Crippen LogP contribution in [0, 0.1) is 0 Å². The van der Waals surface area contributed by atoms with Crippen LogP contribution in [0.15, 0.2) is 0 Å². The minimum absolute atomic E-state index is 0.349. The van der Waals surface area contributed by atoms with Gasteiger partial charge in [0.15, 0.2) is 0 Å². The zero-order chi connectivity index (χ0) is 8.15. The Morgan fingerprint density at radius 3 is 2.60 bits per heavy atom. The topological polar surface area (TPSA) is 46.5 Å². The van der Waals surface area contributed by atoms with Crippen LogP contribution >= 0.6 is 22.6 Å². The number of esters is 1. The molecule has 0 aromatic carbocycles. The van der Waals surface area contributed by atoms with Gasteiger partial charge >= 0.3 is 5.97 Å². The Morgan fingerprint density at radius 1 is 1.80 bits per heavy atom. The third kappa shape index (κ3) is 3.36. The zero-order valence-corrected chi connectivity index (χ0v) is 8.16. The molecule has 0 aliphatic rings. The van der Waals surface area contributed by atoms with E-state index in [1.807, 2.05) is 22.6 Å². The highest BCUT2D eigenvalue weighted by Crippen LogP contribution is 2.07. The molecule has 0 aliphatic carbocycles. The van der Waals surface area contributed by atoms with Gasteiger partial charge in [0, 0.05) is 0 Å². The molecule has 1 N–H and O–H groups in total. The second kappa shape index (κ2) is 4.90. The fraction of sp³-hybridized carbons (Fsp3) is 0.833. The summed E-state index contributed by atoms with van der Waals surface area (Å²) in [6.45, 7) is 3.67. The molecule has 10 heavy (non-hydrogen) atoms. The molecule has 0 aliphatic heterocycles. The lowest BCUT2D eigenvalue weighted by atomic mass is 10.3. The van der Waals surface area contributed by atoms with Crippen LogP contribution in [-0.2, 0) is 9.53 Å². The third-order valence-electron chi connectivity index (χ3n) is 0.935. The summed E-state index contributed by atoms with van der Waals surface area (Å²) in [4.78, 5) is 10.8. The van der Waals surface area contributed by atoms with E-state index in [4.69, 9.17) is 5.11 Å². The molecule has 0 rings (SSSR count). The van der Waals surface area contributed by atoms with Crippen molar-refractivity contribution >= 4 is 28.6 Å². The van der Waals surface area contributed by atoms with Crippen LogP contribution in [0.1, 0.15) is 13.8 Å². The van der Waals surface area contributed by atoms with E-state index in [2.05, 4.69) is 4.74 Å². The summed E-state index contributed by atoms with van der Waals surface area (Å²) in [5.41, 5.74) is 0. The van der Waals surface area contributed by atoms with E-state index in [9.17, 15) is 4.79 Å². The van der Waals surface area contributed by atoms with Gasteiger partial charge < -0.3 is 9.84 Å². The third-order valence-corrected chi connectivity index (χ3v) is 2.48. The lowest BCUT2D eigenvalue weighted by Gasteiger charge is -2.10. The van der Waals surface area contributed by atoms with Gasteiger partial charge in [-0.05, 0) is 13.8 Å². The van der Waals surface area contributed by atoms with E-state index >= 15 is 0 Å². The highest BCUT2D eigenvalue weighted by atomic mass is 127. The maximum absolute atomic E-state index is 10.8. The van der Waals surface area contributed by atoms with Crippen LogP contribution in [0.3, 0.4) is 0 Å². The number of hydrogen-bond donors (Lipinski definition) is 1. The Morgan fingerprint density at radius 2 is 2.30 bits per heavy atom. The number of aliphatic hydroxyl groups excluding tert-OH is 1. The molecule has 3 nitrogen and oxygen atoms in total. The molecule has 0 aromatic rings. The van der Waals surface area contributed by atoms with Gasteiger partial charge in [-0.25, -0.2) is 0 Å². The summed E-state index contributed by atoms with van der Waals surface area (Å²) in [5, 5.41) is 8.91. The molecule has 0 bridgehead atoms. The maximum atomic E-state index is 10.8. The van der Waals surface area contributed by atoms with Gasteiger partial charge in [-0.15, -0.1) is 0 Å². The van der Waals surface area contributed by atoms with Crippen molar-refractivity contribution in [3.63, 3.8) is 0 Å². The smallest absolute Gasteiger partial charge is 0.321 e. The summed E-state index contributed by atoms with van der Waals surface area (Å²) >= 11 is 1.86. The highest BCUT2D eigenvalue weighted by Gasteiger charge is 2.20. The van der Waals surface area contributed by atoms with Crippen LogP contribution in [0.5, 0.6) is 0 Å². The Hall–Kier alpha value is 0.160. The second-order valence-electron chi connectivity index (χ2n) is 1.89. The number of carbonyl (C=O) groups excluding carboxylic acids is 1. The highest BCUT2D eigenvalue weighted by molar-refractivity contribution is 14.1. The number of alkyl halides is 1. The maximum Gasteiger partial charge on any atom is 0.321 e. The average molecular weight is 258 g/mol. The molecule has 0 aromatic heterocycles. The summed E-state index contributed by atoms with van der Waals surface area (Å²) in [7, 11) is 0. The standard InChI is InChI=1S/C6H11IO3/c1-3-10-6(9)5(7)4(2)8/h4-5,8H,3H2,1-2H3/t4-,5-/m0/s1. The van der Waals surface area contributed by atoms with Crippen LogP contribution in [0.25, 0.3) is 0 Å². The minimum Gasteiger partial charge on any atom is -0.465 e. The van der Waals surface area contributed by atoms with E-state index < -0.39 is 10.0 Å². The van der Waals surface area contributed by atoms with Gasteiger partial charge in [0.05, 0.1) is 12.7 Å². The van der Waals surface area contributed by atoms with Crippen LogP contribution in [-0.4, -0.2) is 27.7 Å². The van der Waals surface area contributed by atoms with Gasteiger partial charge in [0.25, 0.3) is 0 Å². The van der Waals surface area contributed by atoms with Crippen LogP contribution in [0.4, 0.5) is 0 Å². The molecule has 0 heterocycles. The largest absolute Gasteiger partial charge is 0.465 e. The first kappa shape index (κ1) is 10.2. The van der Waals surface area contributed by atoms with Gasteiger partial charge in [-0.3, -0.25) is 4.79 Å². The van der Waals surface area contributed by atoms with E-state index in [0.29, 0.717) is 6.61 Å². The lowest BCUT2D eigenvalue weighted by molar-refractivity contribution is -0.143. The summed E-state index contributed by atoms with van der Waals surface area (Å²) < 4.78 is 4.21. The SMILES string of the molecule is CCOC(=O)[C@@H](I)[C@H](C)O. The Kier molecular flexibility index (Phi) is 4.98. The number of carbonyl (C=O) groups is 1. The summed E-state index contributed by atoms with van der Waals surface area (Å²) in [6, 6.07) is 0. The van der Waals surface area contributed by atoms with Crippen molar-refractivity contribution in [2.24, 2.45) is 0 Å². The van der Waals surface area contributed by atoms with Crippen molar-refractivity contribution in [2.75, 3.05) is 6.61 Å². The van der Waals surface area contributed by atoms with E-state index in [1.165, 1.54) is 0 Å². The van der Waals surface area contributed by atoms with Crippen molar-refractivity contribution in [3.05, 3.63) is 0 Å². The summed E-state index contributed by atoms with van der Waals surface area (Å²) in [5.74, 6) is -0.349. The monoisotopic (exact) mass is 258 g/mol. The van der Waals surface area contributed by atoms with E-state index in [-0.39, 0.29) is 5.97 Å². The molecule has 4 heteroatoms. The Bertz CT molecular complexity index is 114. The normalized spacial score (nSPS) is 16.0. The number of ether oxygens (including phenoxy) is 1. The lowest BCUT2D eigenvalue weighted by Crippen LogP contribution is -2.27. The number of rotatable bonds is 3. The van der Waals surface area contributed by atoms with E-state index in [0.717, 1.165) is 0 Å². The average Bonchev–Trinajstić information content (AvgIpc) is 1.87. The molecular formula is C6H11IO3. The Balaban J connectivity index is 3.71. The van der Waals surface area contributed by atoms with Crippen molar-refractivity contribution in [3.8, 4) is 0 Å². The van der Waals surface area contributed by atoms with E-state index in [1.54, 1.807) is 13.8 Å². The fourth-order valence-corrected chi connectivity index (χ4v) is 0.599. The number of halogens is 1. The Labute approximate surface area is 73.9 Å². The molecule has 0 saturated carbocycles. The summed E-state index contributed by atoms with van der Waals surface area (Å²) in [6.07, 6.45) is -0.639. The molecular weight excluding hydrogens is 247 g/mol. The fourth-order valence-electron chi connectivity index (χ4n) is 0.419. The first-order valence-electron chi connectivity index (χ1n) is 3.08. The molecule has 60 valence electrons. The molecule has 0 saturated heterocycles. The predicted octanol–water partition coefficient (Wildman–Crippen LogP) is 0.734. The van der Waals surface area contributed by atoms with Gasteiger partial charge in [-0.1, -0.05) is 22.6 Å². The molecule has 2 atom stereocenters. The molecule has 0 radical (unpaired) electrons. The van der Waals surface area contributed by atoms with Crippen LogP contribution < -0.4 is 0 Å². The first-order valence-corrected chi connectivity index (χ1v) is 4.33. The molecule has 0 fully saturated rings. The zero-order valence-electron chi connectivity index (χ0n) is 6.00. The van der Waals surface area contributed by atoms with Crippen molar-refractivity contribution < 1.29 is 14.6 Å². The van der Waals surface area contributed by atoms with Gasteiger partial charge in [-0.2, -0.15) is 0 Å². The number of hydrogen-bond acceptors (Lipinski definition) is 3. The van der Waals surface area contributed by atoms with Gasteiger partial charge in [0.2, 0.25) is 0 Å². The predicted molar refractivity (Wildman–Crippen MR) is 46.1 cm³/mol. The van der Waals surface area contributed by atoms with Gasteiger partial charge in [0.1, 0.15) is 3.92 Å². The second-order valence-corrected chi connectivity index (χ2v) is 3.24. The quantitative estimate of drug-likeness (QED) is 0.461. The van der Waals surface area contributed by atoms with Crippen molar-refractivity contribution in [1.29, 1.82) is 0 Å². The first-order chi connectivity index (χ1) is 4.59. The molecule has 0 amide bonds.